The minimum absolute atomic E-state index is 0.240. The average Bonchev–Trinajstić information content (AvgIpc) is 2.10. The highest BCUT2D eigenvalue weighted by Crippen LogP contribution is 2.58. The van der Waals surface area contributed by atoms with Crippen LogP contribution in [-0.4, -0.2) is 22.0 Å². The molecule has 0 aromatic carbocycles. The third-order valence-electron chi connectivity index (χ3n) is 1.28. The fraction of sp³-hybridized carbons (Fsp3) is 1.00. The molecule has 1 rings (SSSR count). The van der Waals surface area contributed by atoms with Crippen molar-refractivity contribution < 1.29 is 13.9 Å². The number of alkyl halides is 3. The first-order chi connectivity index (χ1) is 3.52. The topological polar surface area (TPSA) is 20.2 Å². The molecule has 0 radical (unpaired) electrons. The van der Waals surface area contributed by atoms with Crippen LogP contribution in [0.1, 0.15) is 6.42 Å². The summed E-state index contributed by atoms with van der Waals surface area (Å²) >= 11 is 2.71. The first-order valence-electron chi connectivity index (χ1n) is 2.19. The van der Waals surface area contributed by atoms with E-state index in [1.807, 2.05) is 0 Å². The molecule has 0 heterocycles. The molecule has 1 aliphatic carbocycles. The van der Waals surface area contributed by atoms with E-state index in [1.54, 1.807) is 0 Å². The van der Waals surface area contributed by atoms with Crippen LogP contribution in [0.4, 0.5) is 8.78 Å². The smallest absolute Gasteiger partial charge is 0.267 e. The Kier molecular flexibility index (Phi) is 1.14. The molecule has 0 aliphatic heterocycles. The van der Waals surface area contributed by atoms with Gasteiger partial charge in [-0.05, 0) is 0 Å². The molecule has 0 bridgehead atoms. The van der Waals surface area contributed by atoms with E-state index in [0.717, 1.165) is 0 Å². The van der Waals surface area contributed by atoms with E-state index in [0.29, 0.717) is 0 Å². The molecule has 1 unspecified atom stereocenters. The lowest BCUT2D eigenvalue weighted by Crippen LogP contribution is -2.14. The van der Waals surface area contributed by atoms with Gasteiger partial charge in [0.2, 0.25) is 0 Å². The lowest BCUT2D eigenvalue weighted by atomic mass is 10.4. The Morgan fingerprint density at radius 3 is 2.00 bits per heavy atom. The first-order valence-corrected chi connectivity index (χ1v) is 2.99. The monoisotopic (exact) mass is 186 g/mol. The van der Waals surface area contributed by atoms with E-state index in [-0.39, 0.29) is 6.42 Å². The summed E-state index contributed by atoms with van der Waals surface area (Å²) in [6, 6.07) is 0. The van der Waals surface area contributed by atoms with Gasteiger partial charge >= 0.3 is 0 Å². The van der Waals surface area contributed by atoms with Gasteiger partial charge in [0.05, 0.1) is 6.61 Å². The second-order valence-electron chi connectivity index (χ2n) is 2.00. The van der Waals surface area contributed by atoms with Crippen molar-refractivity contribution in [2.75, 3.05) is 6.61 Å². The minimum atomic E-state index is -2.68. The van der Waals surface area contributed by atoms with Crippen molar-refractivity contribution in [3.05, 3.63) is 0 Å². The Labute approximate surface area is 53.8 Å². The standard InChI is InChI=1S/C4H5BrF2O/c5-3(2-8)1-4(3,6)7/h8H,1-2H2. The van der Waals surface area contributed by atoms with Crippen LogP contribution in [0.15, 0.2) is 0 Å². The minimum Gasteiger partial charge on any atom is -0.395 e. The van der Waals surface area contributed by atoms with Crippen LogP contribution in [0, 0.1) is 0 Å². The quantitative estimate of drug-likeness (QED) is 0.610. The molecular weight excluding hydrogens is 182 g/mol. The molecule has 48 valence electrons. The van der Waals surface area contributed by atoms with Crippen LogP contribution >= 0.6 is 15.9 Å². The molecule has 8 heavy (non-hydrogen) atoms. The summed E-state index contributed by atoms with van der Waals surface area (Å²) < 4.78 is 22.7. The normalized spacial score (nSPS) is 42.0. The summed E-state index contributed by atoms with van der Waals surface area (Å²) in [6.07, 6.45) is -0.240. The van der Waals surface area contributed by atoms with Gasteiger partial charge in [0.1, 0.15) is 4.32 Å². The van der Waals surface area contributed by atoms with Gasteiger partial charge in [-0.2, -0.15) is 0 Å². The van der Waals surface area contributed by atoms with Crippen molar-refractivity contribution in [1.82, 2.24) is 0 Å². The SMILES string of the molecule is OCC1(Br)CC1(F)F. The number of hydrogen-bond acceptors (Lipinski definition) is 1. The molecule has 1 nitrogen and oxygen atoms in total. The van der Waals surface area contributed by atoms with Crippen molar-refractivity contribution >= 4 is 15.9 Å². The van der Waals surface area contributed by atoms with E-state index in [9.17, 15) is 8.78 Å². The van der Waals surface area contributed by atoms with Crippen LogP contribution in [-0.2, 0) is 0 Å². The Bertz CT molecular complexity index is 117. The highest BCUT2D eigenvalue weighted by molar-refractivity contribution is 9.10. The van der Waals surface area contributed by atoms with Crippen molar-refractivity contribution in [2.45, 2.75) is 16.7 Å². The molecule has 0 aromatic heterocycles. The third kappa shape index (κ3) is 0.666. The van der Waals surface area contributed by atoms with Gasteiger partial charge in [0, 0.05) is 6.42 Å². The highest BCUT2D eigenvalue weighted by atomic mass is 79.9. The maximum Gasteiger partial charge on any atom is 0.267 e. The number of aliphatic hydroxyl groups excluding tert-OH is 1. The fourth-order valence-electron chi connectivity index (χ4n) is 0.479. The maximum absolute atomic E-state index is 12.0. The Hall–Kier alpha value is 0.300. The van der Waals surface area contributed by atoms with Crippen molar-refractivity contribution in [1.29, 1.82) is 0 Å². The largest absolute Gasteiger partial charge is 0.395 e. The van der Waals surface area contributed by atoms with Crippen LogP contribution < -0.4 is 0 Å². The molecular formula is C4H5BrF2O. The highest BCUT2D eigenvalue weighted by Gasteiger charge is 2.69. The van der Waals surface area contributed by atoms with Gasteiger partial charge in [0.15, 0.2) is 0 Å². The van der Waals surface area contributed by atoms with E-state index < -0.39 is 16.9 Å². The Balaban J connectivity index is 2.55. The van der Waals surface area contributed by atoms with Crippen molar-refractivity contribution in [3.63, 3.8) is 0 Å². The lowest BCUT2D eigenvalue weighted by Gasteiger charge is -1.99. The van der Waals surface area contributed by atoms with Crippen molar-refractivity contribution in [2.24, 2.45) is 0 Å². The number of halogens is 3. The number of rotatable bonds is 1. The van der Waals surface area contributed by atoms with Gasteiger partial charge < -0.3 is 5.11 Å². The molecule has 0 amide bonds. The predicted octanol–water partition coefficient (Wildman–Crippen LogP) is 1.15. The molecule has 0 spiro atoms. The second kappa shape index (κ2) is 1.42. The summed E-state index contributed by atoms with van der Waals surface area (Å²) in [5, 5.41) is 8.27. The zero-order chi connectivity index (χ0) is 6.41. The van der Waals surface area contributed by atoms with Gasteiger partial charge in [-0.15, -0.1) is 0 Å². The van der Waals surface area contributed by atoms with Gasteiger partial charge in [0.25, 0.3) is 5.92 Å². The van der Waals surface area contributed by atoms with Crippen LogP contribution in [0.2, 0.25) is 0 Å². The molecule has 1 fully saturated rings. The zero-order valence-electron chi connectivity index (χ0n) is 4.00. The van der Waals surface area contributed by atoms with E-state index in [4.69, 9.17) is 5.11 Å². The zero-order valence-corrected chi connectivity index (χ0v) is 5.58. The van der Waals surface area contributed by atoms with E-state index >= 15 is 0 Å². The molecule has 0 aromatic rings. The molecule has 1 N–H and O–H groups in total. The summed E-state index contributed by atoms with van der Waals surface area (Å²) in [7, 11) is 0. The summed E-state index contributed by atoms with van der Waals surface area (Å²) in [6.45, 7) is -0.486. The Morgan fingerprint density at radius 1 is 1.62 bits per heavy atom. The average molecular weight is 187 g/mol. The Morgan fingerprint density at radius 2 is 2.00 bits per heavy atom. The lowest BCUT2D eigenvalue weighted by molar-refractivity contribution is 0.0934. The molecule has 1 saturated carbocycles. The third-order valence-corrected chi connectivity index (χ3v) is 2.39. The van der Waals surface area contributed by atoms with Gasteiger partial charge in [-0.25, -0.2) is 8.78 Å². The molecule has 1 atom stereocenters. The summed E-state index contributed by atoms with van der Waals surface area (Å²) in [5.41, 5.74) is 0. The van der Waals surface area contributed by atoms with E-state index in [2.05, 4.69) is 15.9 Å². The van der Waals surface area contributed by atoms with Gasteiger partial charge in [-0.1, -0.05) is 15.9 Å². The maximum atomic E-state index is 12.0. The summed E-state index contributed by atoms with van der Waals surface area (Å²) in [4.78, 5) is 0. The fourth-order valence-corrected chi connectivity index (χ4v) is 0.831. The first kappa shape index (κ1) is 6.42. The molecule has 4 heteroatoms. The van der Waals surface area contributed by atoms with Crippen LogP contribution in [0.25, 0.3) is 0 Å². The van der Waals surface area contributed by atoms with Crippen molar-refractivity contribution in [3.8, 4) is 0 Å². The second-order valence-corrected chi connectivity index (χ2v) is 3.52. The summed E-state index contributed by atoms with van der Waals surface area (Å²) in [5.74, 6) is -2.68. The molecule has 0 saturated heterocycles. The van der Waals surface area contributed by atoms with Gasteiger partial charge in [-0.3, -0.25) is 0 Å². The van der Waals surface area contributed by atoms with Crippen LogP contribution in [0.5, 0.6) is 0 Å². The molecule has 1 aliphatic rings. The number of aliphatic hydroxyl groups is 1. The number of hydrogen-bond donors (Lipinski definition) is 1. The van der Waals surface area contributed by atoms with Crippen LogP contribution in [0.3, 0.4) is 0 Å². The predicted molar refractivity (Wildman–Crippen MR) is 28.3 cm³/mol. The van der Waals surface area contributed by atoms with E-state index in [1.165, 1.54) is 0 Å².